The van der Waals surface area contributed by atoms with Crippen LogP contribution >= 0.6 is 11.3 Å². The first-order valence-electron chi connectivity index (χ1n) is 6.84. The van der Waals surface area contributed by atoms with Crippen molar-refractivity contribution in [2.24, 2.45) is 0 Å². The SMILES string of the molecule is Cc1sc2ncnc(NC(C)C(=O)NC3CC3)c2c1C. The highest BCUT2D eigenvalue weighted by Gasteiger charge is 2.26. The minimum absolute atomic E-state index is 0.0314. The van der Waals surface area contributed by atoms with E-state index < -0.39 is 0 Å². The zero-order valence-corrected chi connectivity index (χ0v) is 12.7. The summed E-state index contributed by atoms with van der Waals surface area (Å²) < 4.78 is 0. The molecule has 3 rings (SSSR count). The van der Waals surface area contributed by atoms with Crippen LogP contribution in [0.15, 0.2) is 6.33 Å². The fourth-order valence-electron chi connectivity index (χ4n) is 2.12. The van der Waals surface area contributed by atoms with Gasteiger partial charge in [0.1, 0.15) is 23.0 Å². The summed E-state index contributed by atoms with van der Waals surface area (Å²) in [5.41, 5.74) is 1.18. The maximum atomic E-state index is 12.0. The second-order valence-electron chi connectivity index (χ2n) is 5.33. The van der Waals surface area contributed by atoms with Gasteiger partial charge >= 0.3 is 0 Å². The van der Waals surface area contributed by atoms with Crippen molar-refractivity contribution < 1.29 is 4.79 Å². The summed E-state index contributed by atoms with van der Waals surface area (Å²) in [5, 5.41) is 7.24. The molecule has 2 aromatic heterocycles. The summed E-state index contributed by atoms with van der Waals surface area (Å²) in [6, 6.07) is 0.0793. The third kappa shape index (κ3) is 2.47. The van der Waals surface area contributed by atoms with Gasteiger partial charge in [-0.15, -0.1) is 11.3 Å². The highest BCUT2D eigenvalue weighted by molar-refractivity contribution is 7.18. The van der Waals surface area contributed by atoms with Crippen LogP contribution in [0, 0.1) is 13.8 Å². The largest absolute Gasteiger partial charge is 0.358 e. The van der Waals surface area contributed by atoms with Gasteiger partial charge in [0.05, 0.1) is 5.39 Å². The van der Waals surface area contributed by atoms with Crippen molar-refractivity contribution in [1.82, 2.24) is 15.3 Å². The lowest BCUT2D eigenvalue weighted by Crippen LogP contribution is -2.38. The molecular weight excluding hydrogens is 272 g/mol. The number of nitrogens with one attached hydrogen (secondary N) is 2. The monoisotopic (exact) mass is 290 g/mol. The van der Waals surface area contributed by atoms with Crippen LogP contribution in [-0.2, 0) is 4.79 Å². The molecule has 1 atom stereocenters. The molecule has 20 heavy (non-hydrogen) atoms. The Morgan fingerprint density at radius 1 is 1.40 bits per heavy atom. The third-order valence-corrected chi connectivity index (χ3v) is 4.75. The van der Waals surface area contributed by atoms with E-state index in [4.69, 9.17) is 0 Å². The van der Waals surface area contributed by atoms with Gasteiger partial charge in [-0.1, -0.05) is 0 Å². The Kier molecular flexibility index (Phi) is 3.33. The molecule has 1 aliphatic carbocycles. The molecule has 6 heteroatoms. The molecule has 0 aliphatic heterocycles. The molecule has 1 amide bonds. The molecule has 1 aliphatic rings. The average Bonchev–Trinajstić information content (AvgIpc) is 3.17. The molecule has 106 valence electrons. The third-order valence-electron chi connectivity index (χ3n) is 3.64. The summed E-state index contributed by atoms with van der Waals surface area (Å²) in [5.74, 6) is 0.777. The molecule has 2 N–H and O–H groups in total. The summed E-state index contributed by atoms with van der Waals surface area (Å²) in [6.45, 7) is 6.01. The van der Waals surface area contributed by atoms with Crippen molar-refractivity contribution in [2.75, 3.05) is 5.32 Å². The standard InChI is InChI=1S/C14H18N4OS/c1-7-9(3)20-14-11(7)12(15-6-16-14)17-8(2)13(19)18-10-4-5-10/h6,8,10H,4-5H2,1-3H3,(H,18,19)(H,15,16,17). The van der Waals surface area contributed by atoms with Crippen LogP contribution < -0.4 is 10.6 Å². The first-order valence-corrected chi connectivity index (χ1v) is 7.65. The Morgan fingerprint density at radius 2 is 2.15 bits per heavy atom. The van der Waals surface area contributed by atoms with E-state index >= 15 is 0 Å². The number of hydrogen-bond donors (Lipinski definition) is 2. The van der Waals surface area contributed by atoms with Crippen LogP contribution in [0.5, 0.6) is 0 Å². The number of anilines is 1. The number of thiophene rings is 1. The van der Waals surface area contributed by atoms with Crippen molar-refractivity contribution in [2.45, 2.75) is 45.7 Å². The minimum atomic E-state index is -0.298. The fraction of sp³-hybridized carbons (Fsp3) is 0.500. The summed E-state index contributed by atoms with van der Waals surface area (Å²) >= 11 is 1.66. The van der Waals surface area contributed by atoms with E-state index in [2.05, 4.69) is 34.4 Å². The minimum Gasteiger partial charge on any atom is -0.358 e. The molecule has 2 aromatic rings. The van der Waals surface area contributed by atoms with Crippen molar-refractivity contribution >= 4 is 33.3 Å². The van der Waals surface area contributed by atoms with E-state index in [0.717, 1.165) is 28.9 Å². The number of rotatable bonds is 4. The Morgan fingerprint density at radius 3 is 2.85 bits per heavy atom. The van der Waals surface area contributed by atoms with Crippen LogP contribution in [0.1, 0.15) is 30.2 Å². The molecular formula is C14H18N4OS. The molecule has 0 bridgehead atoms. The molecule has 5 nitrogen and oxygen atoms in total. The number of hydrogen-bond acceptors (Lipinski definition) is 5. The van der Waals surface area contributed by atoms with Gasteiger partial charge in [0.25, 0.3) is 0 Å². The molecule has 0 saturated heterocycles. The molecule has 0 radical (unpaired) electrons. The number of carbonyl (C=O) groups is 1. The Hall–Kier alpha value is -1.69. The number of aryl methyl sites for hydroxylation is 2. The molecule has 2 heterocycles. The highest BCUT2D eigenvalue weighted by Crippen LogP contribution is 2.32. The van der Waals surface area contributed by atoms with Crippen molar-refractivity contribution in [3.05, 3.63) is 16.8 Å². The predicted octanol–water partition coefficient (Wildman–Crippen LogP) is 2.39. The lowest BCUT2D eigenvalue weighted by Gasteiger charge is -2.15. The molecule has 0 spiro atoms. The molecule has 1 fully saturated rings. The Bertz CT molecular complexity index is 662. The smallest absolute Gasteiger partial charge is 0.242 e. The van der Waals surface area contributed by atoms with Gasteiger partial charge in [0.15, 0.2) is 0 Å². The zero-order chi connectivity index (χ0) is 14.3. The zero-order valence-electron chi connectivity index (χ0n) is 11.9. The van der Waals surface area contributed by atoms with E-state index in [1.54, 1.807) is 17.7 Å². The molecule has 1 saturated carbocycles. The van der Waals surface area contributed by atoms with E-state index in [0.29, 0.717) is 6.04 Å². The van der Waals surface area contributed by atoms with Crippen LogP contribution in [0.4, 0.5) is 5.82 Å². The first-order chi connectivity index (χ1) is 9.56. The highest BCUT2D eigenvalue weighted by atomic mass is 32.1. The average molecular weight is 290 g/mol. The number of carbonyl (C=O) groups excluding carboxylic acids is 1. The van der Waals surface area contributed by atoms with E-state index in [1.165, 1.54) is 10.4 Å². The fourth-order valence-corrected chi connectivity index (χ4v) is 3.11. The molecule has 0 aromatic carbocycles. The predicted molar refractivity (Wildman–Crippen MR) is 81.1 cm³/mol. The quantitative estimate of drug-likeness (QED) is 0.907. The maximum Gasteiger partial charge on any atom is 0.242 e. The summed E-state index contributed by atoms with van der Waals surface area (Å²) in [7, 11) is 0. The first kappa shape index (κ1) is 13.3. The van der Waals surface area contributed by atoms with Crippen molar-refractivity contribution in [1.29, 1.82) is 0 Å². The number of amides is 1. The Balaban J connectivity index is 1.84. The van der Waals surface area contributed by atoms with Crippen LogP contribution in [0.25, 0.3) is 10.2 Å². The topological polar surface area (TPSA) is 66.9 Å². The van der Waals surface area contributed by atoms with Gasteiger partial charge in [0.2, 0.25) is 5.91 Å². The van der Waals surface area contributed by atoms with Gasteiger partial charge in [0, 0.05) is 10.9 Å². The summed E-state index contributed by atoms with van der Waals surface area (Å²) in [4.78, 5) is 22.8. The van der Waals surface area contributed by atoms with Gasteiger partial charge in [-0.05, 0) is 39.2 Å². The van der Waals surface area contributed by atoms with Gasteiger partial charge in [-0.3, -0.25) is 4.79 Å². The maximum absolute atomic E-state index is 12.0. The lowest BCUT2D eigenvalue weighted by molar-refractivity contribution is -0.121. The lowest BCUT2D eigenvalue weighted by atomic mass is 10.2. The number of fused-ring (bicyclic) bond motifs is 1. The van der Waals surface area contributed by atoms with E-state index in [1.807, 2.05) is 6.92 Å². The normalized spacial score (nSPS) is 16.1. The van der Waals surface area contributed by atoms with E-state index in [9.17, 15) is 4.79 Å². The van der Waals surface area contributed by atoms with Crippen LogP contribution in [0.3, 0.4) is 0 Å². The van der Waals surface area contributed by atoms with Crippen LogP contribution in [0.2, 0.25) is 0 Å². The van der Waals surface area contributed by atoms with Gasteiger partial charge in [-0.25, -0.2) is 9.97 Å². The second-order valence-corrected chi connectivity index (χ2v) is 6.54. The van der Waals surface area contributed by atoms with Gasteiger partial charge in [-0.2, -0.15) is 0 Å². The number of nitrogens with zero attached hydrogens (tertiary/aromatic N) is 2. The number of aromatic nitrogens is 2. The van der Waals surface area contributed by atoms with Crippen molar-refractivity contribution in [3.63, 3.8) is 0 Å². The van der Waals surface area contributed by atoms with Crippen LogP contribution in [-0.4, -0.2) is 28.0 Å². The van der Waals surface area contributed by atoms with Gasteiger partial charge < -0.3 is 10.6 Å². The molecule has 1 unspecified atom stereocenters. The second kappa shape index (κ2) is 5.01. The Labute approximate surface area is 121 Å². The summed E-state index contributed by atoms with van der Waals surface area (Å²) in [6.07, 6.45) is 3.74. The van der Waals surface area contributed by atoms with Crippen molar-refractivity contribution in [3.8, 4) is 0 Å². The van der Waals surface area contributed by atoms with E-state index in [-0.39, 0.29) is 11.9 Å².